The SMILES string of the molecule is COc1cccc(-c2cnc(C(O)c3cccc(C)c3C)[nH]2)c1. The average Bonchev–Trinajstić information content (AvgIpc) is 3.07. The lowest BCUT2D eigenvalue weighted by Crippen LogP contribution is -2.05. The van der Waals surface area contributed by atoms with Gasteiger partial charge in [0.1, 0.15) is 17.7 Å². The number of hydrogen-bond acceptors (Lipinski definition) is 3. The fourth-order valence-corrected chi connectivity index (χ4v) is 2.63. The standard InChI is InChI=1S/C19H20N2O2/c1-12-6-4-9-16(13(12)2)18(22)19-20-11-17(21-19)14-7-5-8-15(10-14)23-3/h4-11,18,22H,1-3H3,(H,20,21). The molecule has 0 aliphatic rings. The second kappa shape index (κ2) is 6.26. The van der Waals surface area contributed by atoms with Crippen molar-refractivity contribution in [2.24, 2.45) is 0 Å². The van der Waals surface area contributed by atoms with E-state index in [1.165, 1.54) is 0 Å². The molecule has 4 nitrogen and oxygen atoms in total. The van der Waals surface area contributed by atoms with Gasteiger partial charge in [-0.2, -0.15) is 0 Å². The van der Waals surface area contributed by atoms with Crippen LogP contribution in [0.25, 0.3) is 11.3 Å². The van der Waals surface area contributed by atoms with Gasteiger partial charge < -0.3 is 14.8 Å². The van der Waals surface area contributed by atoms with E-state index < -0.39 is 6.10 Å². The fraction of sp³-hybridized carbons (Fsp3) is 0.211. The zero-order chi connectivity index (χ0) is 16.4. The maximum atomic E-state index is 10.6. The van der Waals surface area contributed by atoms with E-state index in [-0.39, 0.29) is 0 Å². The number of aryl methyl sites for hydroxylation is 1. The molecule has 3 aromatic rings. The number of rotatable bonds is 4. The van der Waals surface area contributed by atoms with Crippen molar-refractivity contribution in [1.82, 2.24) is 9.97 Å². The van der Waals surface area contributed by atoms with Crippen molar-refractivity contribution in [3.8, 4) is 17.0 Å². The maximum absolute atomic E-state index is 10.6. The van der Waals surface area contributed by atoms with E-state index in [0.717, 1.165) is 33.7 Å². The van der Waals surface area contributed by atoms with Gasteiger partial charge in [-0.1, -0.05) is 30.3 Å². The minimum Gasteiger partial charge on any atom is -0.497 e. The molecular weight excluding hydrogens is 288 g/mol. The second-order valence-corrected chi connectivity index (χ2v) is 5.61. The van der Waals surface area contributed by atoms with Crippen LogP contribution in [0.15, 0.2) is 48.7 Å². The van der Waals surface area contributed by atoms with E-state index in [9.17, 15) is 5.11 Å². The Bertz CT molecular complexity index is 824. The lowest BCUT2D eigenvalue weighted by atomic mass is 9.99. The number of nitrogens with zero attached hydrogens (tertiary/aromatic N) is 1. The molecule has 4 heteroatoms. The van der Waals surface area contributed by atoms with Gasteiger partial charge in [-0.3, -0.25) is 0 Å². The van der Waals surface area contributed by atoms with E-state index in [0.29, 0.717) is 5.82 Å². The van der Waals surface area contributed by atoms with Gasteiger partial charge in [0.15, 0.2) is 0 Å². The fourth-order valence-electron chi connectivity index (χ4n) is 2.63. The van der Waals surface area contributed by atoms with Gasteiger partial charge in [0.05, 0.1) is 19.0 Å². The summed E-state index contributed by atoms with van der Waals surface area (Å²) in [6, 6.07) is 13.6. The van der Waals surface area contributed by atoms with Gasteiger partial charge in [-0.15, -0.1) is 0 Å². The Morgan fingerprint density at radius 2 is 1.91 bits per heavy atom. The van der Waals surface area contributed by atoms with E-state index in [2.05, 4.69) is 9.97 Å². The minimum atomic E-state index is -0.769. The first-order chi connectivity index (χ1) is 11.1. The number of imidazole rings is 1. The highest BCUT2D eigenvalue weighted by Gasteiger charge is 2.17. The molecule has 2 aromatic carbocycles. The molecule has 1 atom stereocenters. The Labute approximate surface area is 135 Å². The molecule has 0 aliphatic heterocycles. The molecule has 1 aromatic heterocycles. The average molecular weight is 308 g/mol. The van der Waals surface area contributed by atoms with Gasteiger partial charge in [-0.25, -0.2) is 4.98 Å². The molecule has 0 amide bonds. The Hall–Kier alpha value is -2.59. The molecule has 0 saturated carbocycles. The first-order valence-corrected chi connectivity index (χ1v) is 7.53. The Kier molecular flexibility index (Phi) is 4.17. The number of benzene rings is 2. The summed E-state index contributed by atoms with van der Waals surface area (Å²) in [5, 5.41) is 10.6. The summed E-state index contributed by atoms with van der Waals surface area (Å²) in [5.74, 6) is 1.32. The van der Waals surface area contributed by atoms with Crippen LogP contribution >= 0.6 is 0 Å². The number of methoxy groups -OCH3 is 1. The highest BCUT2D eigenvalue weighted by molar-refractivity contribution is 5.60. The highest BCUT2D eigenvalue weighted by atomic mass is 16.5. The highest BCUT2D eigenvalue weighted by Crippen LogP contribution is 2.27. The number of hydrogen-bond donors (Lipinski definition) is 2. The van der Waals surface area contributed by atoms with Crippen molar-refractivity contribution in [3.05, 3.63) is 71.2 Å². The third-order valence-corrected chi connectivity index (χ3v) is 4.18. The molecule has 0 bridgehead atoms. The predicted octanol–water partition coefficient (Wildman–Crippen LogP) is 3.78. The van der Waals surface area contributed by atoms with Crippen molar-refractivity contribution in [1.29, 1.82) is 0 Å². The van der Waals surface area contributed by atoms with Crippen LogP contribution in [0.3, 0.4) is 0 Å². The van der Waals surface area contributed by atoms with Gasteiger partial charge in [0.2, 0.25) is 0 Å². The number of nitrogens with one attached hydrogen (secondary N) is 1. The topological polar surface area (TPSA) is 58.1 Å². The smallest absolute Gasteiger partial charge is 0.140 e. The molecule has 0 spiro atoms. The zero-order valence-corrected chi connectivity index (χ0v) is 13.5. The number of aromatic nitrogens is 2. The van der Waals surface area contributed by atoms with Gasteiger partial charge in [-0.05, 0) is 42.7 Å². The van der Waals surface area contributed by atoms with Crippen molar-refractivity contribution in [2.75, 3.05) is 7.11 Å². The van der Waals surface area contributed by atoms with Crippen LogP contribution in [-0.2, 0) is 0 Å². The van der Waals surface area contributed by atoms with Crippen LogP contribution in [0.2, 0.25) is 0 Å². The van der Waals surface area contributed by atoms with E-state index in [1.807, 2.05) is 56.3 Å². The molecule has 0 radical (unpaired) electrons. The molecule has 0 fully saturated rings. The first kappa shape index (κ1) is 15.3. The molecule has 1 unspecified atom stereocenters. The van der Waals surface area contributed by atoms with Crippen LogP contribution in [0.5, 0.6) is 5.75 Å². The first-order valence-electron chi connectivity index (χ1n) is 7.53. The molecule has 0 aliphatic carbocycles. The van der Waals surface area contributed by atoms with Gasteiger partial charge in [0.25, 0.3) is 0 Å². The summed E-state index contributed by atoms with van der Waals surface area (Å²) >= 11 is 0. The van der Waals surface area contributed by atoms with Crippen molar-refractivity contribution in [2.45, 2.75) is 20.0 Å². The third kappa shape index (κ3) is 2.98. The number of ether oxygens (including phenoxy) is 1. The van der Waals surface area contributed by atoms with Crippen molar-refractivity contribution >= 4 is 0 Å². The summed E-state index contributed by atoms with van der Waals surface area (Å²) in [7, 11) is 1.64. The van der Waals surface area contributed by atoms with Crippen LogP contribution < -0.4 is 4.74 Å². The quantitative estimate of drug-likeness (QED) is 0.771. The van der Waals surface area contributed by atoms with E-state index in [1.54, 1.807) is 13.3 Å². The number of aromatic amines is 1. The van der Waals surface area contributed by atoms with Crippen molar-refractivity contribution < 1.29 is 9.84 Å². The molecule has 23 heavy (non-hydrogen) atoms. The Morgan fingerprint density at radius 3 is 2.70 bits per heavy atom. The molecule has 2 N–H and O–H groups in total. The predicted molar refractivity (Wildman–Crippen MR) is 90.6 cm³/mol. The molecule has 0 saturated heterocycles. The minimum absolute atomic E-state index is 0.538. The summed E-state index contributed by atoms with van der Waals surface area (Å²) in [4.78, 5) is 7.56. The number of H-pyrrole nitrogens is 1. The monoisotopic (exact) mass is 308 g/mol. The normalized spacial score (nSPS) is 12.2. The molecular formula is C19H20N2O2. The van der Waals surface area contributed by atoms with Crippen molar-refractivity contribution in [3.63, 3.8) is 0 Å². The maximum Gasteiger partial charge on any atom is 0.140 e. The molecule has 1 heterocycles. The summed E-state index contributed by atoms with van der Waals surface area (Å²) in [6.07, 6.45) is 0.965. The third-order valence-electron chi connectivity index (χ3n) is 4.18. The van der Waals surface area contributed by atoms with Gasteiger partial charge >= 0.3 is 0 Å². The van der Waals surface area contributed by atoms with Crippen LogP contribution in [0, 0.1) is 13.8 Å². The lowest BCUT2D eigenvalue weighted by molar-refractivity contribution is 0.210. The van der Waals surface area contributed by atoms with Crippen LogP contribution in [0.4, 0.5) is 0 Å². The Morgan fingerprint density at radius 1 is 1.13 bits per heavy atom. The second-order valence-electron chi connectivity index (χ2n) is 5.61. The lowest BCUT2D eigenvalue weighted by Gasteiger charge is -2.13. The molecule has 118 valence electrons. The van der Waals surface area contributed by atoms with Crippen LogP contribution in [-0.4, -0.2) is 22.2 Å². The Balaban J connectivity index is 1.93. The zero-order valence-electron chi connectivity index (χ0n) is 13.5. The number of aliphatic hydroxyl groups excluding tert-OH is 1. The molecule has 3 rings (SSSR count). The summed E-state index contributed by atoms with van der Waals surface area (Å²) in [6.45, 7) is 4.05. The summed E-state index contributed by atoms with van der Waals surface area (Å²) in [5.41, 5.74) is 4.93. The van der Waals surface area contributed by atoms with E-state index >= 15 is 0 Å². The summed E-state index contributed by atoms with van der Waals surface area (Å²) < 4.78 is 5.25. The van der Waals surface area contributed by atoms with Gasteiger partial charge in [0, 0.05) is 5.56 Å². The number of aliphatic hydroxyl groups is 1. The van der Waals surface area contributed by atoms with E-state index in [4.69, 9.17) is 4.74 Å². The largest absolute Gasteiger partial charge is 0.497 e. The van der Waals surface area contributed by atoms with Crippen LogP contribution in [0.1, 0.15) is 28.6 Å².